The molecule has 1 rings (SSSR count). The summed E-state index contributed by atoms with van der Waals surface area (Å²) in [5, 5.41) is 5.04. The molecule has 2 nitrogen and oxygen atoms in total. The summed E-state index contributed by atoms with van der Waals surface area (Å²) < 4.78 is 0. The van der Waals surface area contributed by atoms with Gasteiger partial charge in [0, 0.05) is 22.7 Å². The zero-order valence-electron chi connectivity index (χ0n) is 10.2. The third-order valence-corrected chi connectivity index (χ3v) is 3.90. The molecule has 96 valence electrons. The Kier molecular flexibility index (Phi) is 7.53. The molecule has 1 heterocycles. The number of thiophene rings is 1. The minimum Gasteiger partial charge on any atom is -0.356 e. The second-order valence-corrected chi connectivity index (χ2v) is 6.80. The smallest absolute Gasteiger partial charge is 0.220 e. The van der Waals surface area contributed by atoms with Crippen LogP contribution in [0.25, 0.3) is 0 Å². The molecular formula is C13H20BrNOS. The fourth-order valence-corrected chi connectivity index (χ4v) is 2.65. The summed E-state index contributed by atoms with van der Waals surface area (Å²) in [5.41, 5.74) is 0. The van der Waals surface area contributed by atoms with Crippen LogP contribution in [-0.2, 0) is 11.2 Å². The molecule has 1 aromatic rings. The number of hydrogen-bond donors (Lipinski definition) is 1. The summed E-state index contributed by atoms with van der Waals surface area (Å²) in [5.74, 6) is 0.184. The summed E-state index contributed by atoms with van der Waals surface area (Å²) in [6.45, 7) is 2.93. The van der Waals surface area contributed by atoms with Gasteiger partial charge in [0.15, 0.2) is 0 Å². The monoisotopic (exact) mass is 317 g/mol. The molecule has 0 aliphatic rings. The van der Waals surface area contributed by atoms with Crippen molar-refractivity contribution in [3.8, 4) is 0 Å². The van der Waals surface area contributed by atoms with E-state index in [1.807, 2.05) is 0 Å². The Labute approximate surface area is 116 Å². The number of amides is 1. The topological polar surface area (TPSA) is 29.1 Å². The summed E-state index contributed by atoms with van der Waals surface area (Å²) in [6, 6.07) is 4.18. The molecule has 0 aliphatic carbocycles. The average Bonchev–Trinajstić information content (AvgIpc) is 2.77. The van der Waals surface area contributed by atoms with E-state index < -0.39 is 0 Å². The molecule has 0 aliphatic heterocycles. The highest BCUT2D eigenvalue weighted by Crippen LogP contribution is 2.11. The van der Waals surface area contributed by atoms with E-state index in [1.165, 1.54) is 4.88 Å². The number of carbonyl (C=O) groups excluding carboxylic acids is 1. The van der Waals surface area contributed by atoms with Crippen LogP contribution >= 0.6 is 27.3 Å². The number of carbonyl (C=O) groups is 1. The Balaban J connectivity index is 1.98. The van der Waals surface area contributed by atoms with Crippen LogP contribution in [0.2, 0.25) is 0 Å². The molecule has 0 fully saturated rings. The molecule has 0 aromatic carbocycles. The van der Waals surface area contributed by atoms with Gasteiger partial charge in [0.2, 0.25) is 5.91 Å². The highest BCUT2D eigenvalue weighted by molar-refractivity contribution is 9.09. The van der Waals surface area contributed by atoms with Gasteiger partial charge < -0.3 is 5.32 Å². The fraction of sp³-hybridized carbons (Fsp3) is 0.615. The predicted octanol–water partition coefficient (Wildman–Crippen LogP) is 3.75. The molecule has 0 saturated heterocycles. The summed E-state index contributed by atoms with van der Waals surface area (Å²) in [4.78, 5) is 13.4. The predicted molar refractivity (Wildman–Crippen MR) is 77.9 cm³/mol. The van der Waals surface area contributed by atoms with Crippen molar-refractivity contribution in [2.24, 2.45) is 0 Å². The lowest BCUT2D eigenvalue weighted by Crippen LogP contribution is -2.24. The molecular weight excluding hydrogens is 298 g/mol. The van der Waals surface area contributed by atoms with Crippen LogP contribution in [0.3, 0.4) is 0 Å². The SMILES string of the molecule is CC(Br)CCCNC(=O)CCCc1cccs1. The standard InChI is InChI=1S/C13H20BrNOS/c1-11(14)5-3-9-15-13(16)8-2-6-12-7-4-10-17-12/h4,7,10-11H,2-3,5-6,8-9H2,1H3,(H,15,16). The number of alkyl halides is 1. The van der Waals surface area contributed by atoms with Gasteiger partial charge in [-0.1, -0.05) is 28.9 Å². The van der Waals surface area contributed by atoms with E-state index in [2.05, 4.69) is 45.7 Å². The molecule has 0 spiro atoms. The molecule has 1 amide bonds. The second-order valence-electron chi connectivity index (χ2n) is 4.21. The van der Waals surface area contributed by atoms with E-state index >= 15 is 0 Å². The molecule has 1 unspecified atom stereocenters. The van der Waals surface area contributed by atoms with Gasteiger partial charge in [-0.25, -0.2) is 0 Å². The summed E-state index contributed by atoms with van der Waals surface area (Å²) in [7, 11) is 0. The van der Waals surface area contributed by atoms with E-state index in [0.29, 0.717) is 11.2 Å². The number of aryl methyl sites for hydroxylation is 1. The van der Waals surface area contributed by atoms with Crippen molar-refractivity contribution in [1.29, 1.82) is 0 Å². The Morgan fingerprint density at radius 1 is 1.53 bits per heavy atom. The molecule has 0 radical (unpaired) electrons. The van der Waals surface area contributed by atoms with E-state index in [0.717, 1.165) is 32.2 Å². The number of nitrogens with one attached hydrogen (secondary N) is 1. The third kappa shape index (κ3) is 7.55. The average molecular weight is 318 g/mol. The normalized spacial score (nSPS) is 12.4. The van der Waals surface area contributed by atoms with Crippen molar-refractivity contribution >= 4 is 33.2 Å². The van der Waals surface area contributed by atoms with E-state index in [-0.39, 0.29) is 5.91 Å². The molecule has 1 aromatic heterocycles. The first-order valence-electron chi connectivity index (χ1n) is 6.11. The Hall–Kier alpha value is -0.350. The Bertz CT molecular complexity index is 311. The fourth-order valence-electron chi connectivity index (χ4n) is 1.58. The molecule has 1 N–H and O–H groups in total. The molecule has 4 heteroatoms. The van der Waals surface area contributed by atoms with Crippen LogP contribution in [0.15, 0.2) is 17.5 Å². The van der Waals surface area contributed by atoms with Crippen molar-refractivity contribution in [3.63, 3.8) is 0 Å². The zero-order chi connectivity index (χ0) is 12.5. The van der Waals surface area contributed by atoms with Gasteiger partial charge in [-0.05, 0) is 37.1 Å². The molecule has 1 atom stereocenters. The minimum absolute atomic E-state index is 0.184. The van der Waals surface area contributed by atoms with Crippen LogP contribution in [0.4, 0.5) is 0 Å². The van der Waals surface area contributed by atoms with Gasteiger partial charge in [-0.3, -0.25) is 4.79 Å². The number of rotatable bonds is 8. The summed E-state index contributed by atoms with van der Waals surface area (Å²) in [6.07, 6.45) is 4.75. The van der Waals surface area contributed by atoms with Gasteiger partial charge in [0.1, 0.15) is 0 Å². The van der Waals surface area contributed by atoms with Crippen LogP contribution < -0.4 is 5.32 Å². The van der Waals surface area contributed by atoms with Gasteiger partial charge >= 0.3 is 0 Å². The molecule has 0 bridgehead atoms. The van der Waals surface area contributed by atoms with Gasteiger partial charge in [0.05, 0.1) is 0 Å². The first-order valence-corrected chi connectivity index (χ1v) is 7.91. The van der Waals surface area contributed by atoms with E-state index in [4.69, 9.17) is 0 Å². The minimum atomic E-state index is 0.184. The lowest BCUT2D eigenvalue weighted by molar-refractivity contribution is -0.121. The number of hydrogen-bond acceptors (Lipinski definition) is 2. The van der Waals surface area contributed by atoms with Crippen molar-refractivity contribution in [3.05, 3.63) is 22.4 Å². The van der Waals surface area contributed by atoms with Gasteiger partial charge in [-0.15, -0.1) is 11.3 Å². The third-order valence-electron chi connectivity index (χ3n) is 2.51. The lowest BCUT2D eigenvalue weighted by Gasteiger charge is -2.05. The second kappa shape index (κ2) is 8.70. The highest BCUT2D eigenvalue weighted by atomic mass is 79.9. The van der Waals surface area contributed by atoms with Crippen LogP contribution in [0.1, 0.15) is 37.5 Å². The van der Waals surface area contributed by atoms with Crippen LogP contribution in [0.5, 0.6) is 0 Å². The molecule has 17 heavy (non-hydrogen) atoms. The first kappa shape index (κ1) is 14.7. The zero-order valence-corrected chi connectivity index (χ0v) is 12.6. The van der Waals surface area contributed by atoms with Gasteiger partial charge in [-0.2, -0.15) is 0 Å². The van der Waals surface area contributed by atoms with Crippen molar-refractivity contribution in [2.45, 2.75) is 43.9 Å². The van der Waals surface area contributed by atoms with E-state index in [1.54, 1.807) is 11.3 Å². The maximum Gasteiger partial charge on any atom is 0.220 e. The Morgan fingerprint density at radius 3 is 3.00 bits per heavy atom. The van der Waals surface area contributed by atoms with E-state index in [9.17, 15) is 4.79 Å². The quantitative estimate of drug-likeness (QED) is 0.574. The first-order chi connectivity index (χ1) is 8.18. The lowest BCUT2D eigenvalue weighted by atomic mass is 10.2. The van der Waals surface area contributed by atoms with Crippen molar-refractivity contribution < 1.29 is 4.79 Å². The van der Waals surface area contributed by atoms with Crippen LogP contribution in [0, 0.1) is 0 Å². The van der Waals surface area contributed by atoms with Crippen LogP contribution in [-0.4, -0.2) is 17.3 Å². The maximum absolute atomic E-state index is 11.5. The summed E-state index contributed by atoms with van der Waals surface area (Å²) >= 11 is 5.26. The maximum atomic E-state index is 11.5. The van der Waals surface area contributed by atoms with Crippen molar-refractivity contribution in [2.75, 3.05) is 6.54 Å². The molecule has 0 saturated carbocycles. The highest BCUT2D eigenvalue weighted by Gasteiger charge is 2.02. The number of halogens is 1. The van der Waals surface area contributed by atoms with Crippen molar-refractivity contribution in [1.82, 2.24) is 5.32 Å². The Morgan fingerprint density at radius 2 is 2.35 bits per heavy atom. The van der Waals surface area contributed by atoms with Gasteiger partial charge in [0.25, 0.3) is 0 Å². The largest absolute Gasteiger partial charge is 0.356 e.